The van der Waals surface area contributed by atoms with Gasteiger partial charge in [0.15, 0.2) is 11.6 Å². The number of pyridine rings is 1. The van der Waals surface area contributed by atoms with Gasteiger partial charge >= 0.3 is 10.2 Å². The highest BCUT2D eigenvalue weighted by molar-refractivity contribution is 7.90. The van der Waals surface area contributed by atoms with Crippen LogP contribution in [0.3, 0.4) is 0 Å². The third-order valence-corrected chi connectivity index (χ3v) is 16.0. The molecule has 2 aromatic heterocycles. The lowest BCUT2D eigenvalue weighted by Gasteiger charge is -2.33. The number of nitrogens with one attached hydrogen (secondary N) is 3. The van der Waals surface area contributed by atoms with Crippen molar-refractivity contribution in [3.63, 3.8) is 0 Å². The number of hydrogen-bond donors (Lipinski definition) is 3. The van der Waals surface area contributed by atoms with Gasteiger partial charge in [-0.1, -0.05) is 30.3 Å². The Kier molecular flexibility index (Phi) is 11.8. The van der Waals surface area contributed by atoms with Crippen LogP contribution >= 0.6 is 0 Å². The fraction of sp³-hybridized carbons (Fsp3) is 0.408. The van der Waals surface area contributed by atoms with Crippen molar-refractivity contribution >= 4 is 56.0 Å². The SMILES string of the molecule is O=C1CCC(C2Cc3cc(C4CCN(CC[C@@H]5CCN(c6ccc(-c7cnc8[nH]cc(C(=O)c9c(F)ccc(NS(=O)(=O)N%10CC[C@@H](F)C%10)c9F)c8c7)cc6)C5)CC4)ccc3C2=O)C(=O)N1. The fourth-order valence-electron chi connectivity index (χ4n) is 10.7. The van der Waals surface area contributed by atoms with Gasteiger partial charge in [-0.25, -0.2) is 18.2 Å². The smallest absolute Gasteiger partial charge is 0.301 e. The Morgan fingerprint density at radius 3 is 2.42 bits per heavy atom. The molecule has 0 radical (unpaired) electrons. The number of halogens is 3. The van der Waals surface area contributed by atoms with Gasteiger partial charge in [0.1, 0.15) is 17.6 Å². The van der Waals surface area contributed by atoms with Crippen molar-refractivity contribution in [2.45, 2.75) is 63.5 Å². The van der Waals surface area contributed by atoms with E-state index in [-0.39, 0.29) is 49.1 Å². The zero-order chi connectivity index (χ0) is 45.9. The second-order valence-electron chi connectivity index (χ2n) is 18.5. The molecule has 2 unspecified atom stereocenters. The molecular formula is C49H50F3N7O6S. The summed E-state index contributed by atoms with van der Waals surface area (Å²) in [6.45, 7) is 4.51. The molecule has 0 bridgehead atoms. The number of carbonyl (C=O) groups is 4. The van der Waals surface area contributed by atoms with Gasteiger partial charge in [0.2, 0.25) is 17.6 Å². The summed E-state index contributed by atoms with van der Waals surface area (Å²) in [5.41, 5.74) is 4.37. The van der Waals surface area contributed by atoms with Crippen molar-refractivity contribution in [2.24, 2.45) is 17.8 Å². The number of H-pyrrole nitrogens is 1. The first-order chi connectivity index (χ1) is 31.8. The van der Waals surface area contributed by atoms with Crippen LogP contribution in [0, 0.1) is 29.4 Å². The summed E-state index contributed by atoms with van der Waals surface area (Å²) in [5, 5.41) is 2.75. The average Bonchev–Trinajstić information content (AvgIpc) is 4.14. The summed E-state index contributed by atoms with van der Waals surface area (Å²) in [6, 6.07) is 17.8. The van der Waals surface area contributed by atoms with Crippen LogP contribution in [-0.2, 0) is 26.2 Å². The number of likely N-dealkylation sites (tertiary alicyclic amines) is 1. The Hall–Kier alpha value is -5.91. The monoisotopic (exact) mass is 921 g/mol. The summed E-state index contributed by atoms with van der Waals surface area (Å²) >= 11 is 0. The van der Waals surface area contributed by atoms with Crippen LogP contribution in [0.15, 0.2) is 73.1 Å². The highest BCUT2D eigenvalue weighted by Crippen LogP contribution is 2.39. The first kappa shape index (κ1) is 44.0. The number of ketones is 2. The normalized spacial score (nSPS) is 23.2. The summed E-state index contributed by atoms with van der Waals surface area (Å²) < 4.78 is 73.1. The molecule has 0 saturated carbocycles. The van der Waals surface area contributed by atoms with E-state index in [4.69, 9.17) is 0 Å². The van der Waals surface area contributed by atoms with Crippen LogP contribution in [-0.4, -0.2) is 103 Å². The van der Waals surface area contributed by atoms with E-state index in [1.807, 2.05) is 22.9 Å². The van der Waals surface area contributed by atoms with Gasteiger partial charge in [-0.2, -0.15) is 12.7 Å². The van der Waals surface area contributed by atoms with E-state index < -0.39 is 56.9 Å². The highest BCUT2D eigenvalue weighted by Gasteiger charge is 2.42. The van der Waals surface area contributed by atoms with Crippen LogP contribution in [0.2, 0.25) is 0 Å². The first-order valence-corrected chi connectivity index (χ1v) is 24.2. The molecule has 10 rings (SSSR count). The Morgan fingerprint density at radius 1 is 0.864 bits per heavy atom. The van der Waals surface area contributed by atoms with Gasteiger partial charge in [0.25, 0.3) is 0 Å². The van der Waals surface area contributed by atoms with E-state index in [0.29, 0.717) is 41.3 Å². The van der Waals surface area contributed by atoms with E-state index in [1.54, 1.807) is 12.3 Å². The van der Waals surface area contributed by atoms with Crippen LogP contribution in [0.1, 0.15) is 88.3 Å². The second-order valence-corrected chi connectivity index (χ2v) is 20.2. The Balaban J connectivity index is 0.728. The predicted molar refractivity (Wildman–Crippen MR) is 242 cm³/mol. The van der Waals surface area contributed by atoms with E-state index >= 15 is 8.78 Å². The lowest BCUT2D eigenvalue weighted by molar-refractivity contribution is -0.137. The molecule has 5 aliphatic rings. The third-order valence-electron chi connectivity index (χ3n) is 14.5. The summed E-state index contributed by atoms with van der Waals surface area (Å²) in [7, 11) is -4.35. The zero-order valence-corrected chi connectivity index (χ0v) is 37.0. The third kappa shape index (κ3) is 8.52. The number of fused-ring (bicyclic) bond motifs is 2. The number of alkyl halides is 1. The van der Waals surface area contributed by atoms with Crippen molar-refractivity contribution in [3.8, 4) is 11.1 Å². The number of carbonyl (C=O) groups excluding carboxylic acids is 4. The minimum absolute atomic E-state index is 0.00541. The number of nitrogens with zero attached hydrogens (tertiary/aromatic N) is 4. The molecule has 5 aromatic rings. The van der Waals surface area contributed by atoms with Gasteiger partial charge in [0, 0.05) is 84.6 Å². The number of rotatable bonds is 12. The minimum Gasteiger partial charge on any atom is -0.371 e. The summed E-state index contributed by atoms with van der Waals surface area (Å²) in [6.07, 6.45) is 7.21. The number of amides is 2. The summed E-state index contributed by atoms with van der Waals surface area (Å²) in [4.78, 5) is 63.5. The van der Waals surface area contributed by atoms with Crippen LogP contribution < -0.4 is 14.9 Å². The maximum Gasteiger partial charge on any atom is 0.301 e. The van der Waals surface area contributed by atoms with Crippen molar-refractivity contribution in [2.75, 3.05) is 55.4 Å². The molecule has 6 heterocycles. The molecule has 13 nitrogen and oxygen atoms in total. The molecule has 4 aliphatic heterocycles. The first-order valence-electron chi connectivity index (χ1n) is 22.8. The van der Waals surface area contributed by atoms with Gasteiger partial charge in [0.05, 0.1) is 11.3 Å². The predicted octanol–water partition coefficient (Wildman–Crippen LogP) is 6.94. The van der Waals surface area contributed by atoms with Gasteiger partial charge in [-0.15, -0.1) is 0 Å². The summed E-state index contributed by atoms with van der Waals surface area (Å²) in [5.74, 6) is -3.96. The molecule has 0 spiro atoms. The second kappa shape index (κ2) is 17.7. The Morgan fingerprint density at radius 2 is 1.67 bits per heavy atom. The zero-order valence-electron chi connectivity index (χ0n) is 36.2. The molecule has 2 amide bonds. The molecule has 344 valence electrons. The lowest BCUT2D eigenvalue weighted by Crippen LogP contribution is -2.44. The van der Waals surface area contributed by atoms with Crippen molar-refractivity contribution < 1.29 is 40.8 Å². The van der Waals surface area contributed by atoms with Gasteiger partial charge in [-0.05, 0) is 123 Å². The standard InChI is InChI=1S/C49H50F3N7O6S/c50-34-15-20-59(27-34)66(64,65)56-42-9-8-41(51)44(45(42)52)47(62)40-25-54-48-39(40)23-33(24-53-48)29-1-4-35(5-2-29)58-19-12-28(26-58)11-16-57-17-13-30(14-18-57)31-3-6-36-32(21-31)22-38(46(36)61)37-7-10-43(60)55-49(37)63/h1-6,8-9,21,23-25,28,30,34,37-38,56H,7,10-20,22,26-27H2,(H,53,54)(H,55,60,63)/t28-,34-,37?,38?/m1/s1. The number of aromatic nitrogens is 2. The molecule has 4 saturated heterocycles. The molecule has 3 aromatic carbocycles. The highest BCUT2D eigenvalue weighted by atomic mass is 32.2. The Bertz CT molecular complexity index is 2870. The van der Waals surface area contributed by atoms with Gasteiger partial charge in [-0.3, -0.25) is 29.2 Å². The molecule has 4 atom stereocenters. The number of imide groups is 1. The molecule has 1 aliphatic carbocycles. The lowest BCUT2D eigenvalue weighted by atomic mass is 9.83. The van der Waals surface area contributed by atoms with E-state index in [9.17, 15) is 32.0 Å². The number of piperidine rings is 2. The van der Waals surface area contributed by atoms with Gasteiger partial charge < -0.3 is 14.8 Å². The fourth-order valence-corrected chi connectivity index (χ4v) is 11.9. The number of aromatic amines is 1. The molecule has 3 N–H and O–H groups in total. The van der Waals surface area contributed by atoms with Crippen LogP contribution in [0.5, 0.6) is 0 Å². The maximum atomic E-state index is 15.8. The average molecular weight is 922 g/mol. The largest absolute Gasteiger partial charge is 0.371 e. The molecular weight excluding hydrogens is 872 g/mol. The number of benzene rings is 3. The number of anilines is 2. The molecule has 17 heteroatoms. The van der Waals surface area contributed by atoms with Crippen LogP contribution in [0.25, 0.3) is 22.2 Å². The van der Waals surface area contributed by atoms with E-state index in [1.165, 1.54) is 11.8 Å². The van der Waals surface area contributed by atoms with Crippen LogP contribution in [0.4, 0.5) is 24.5 Å². The van der Waals surface area contributed by atoms with Crippen molar-refractivity contribution in [1.29, 1.82) is 0 Å². The topological polar surface area (TPSA) is 165 Å². The number of hydrogen-bond acceptors (Lipinski definition) is 9. The van der Waals surface area contributed by atoms with Crippen molar-refractivity contribution in [3.05, 3.63) is 113 Å². The Labute approximate surface area is 380 Å². The minimum atomic E-state index is -4.35. The van der Waals surface area contributed by atoms with Crippen molar-refractivity contribution in [1.82, 2.24) is 24.5 Å². The quantitative estimate of drug-likeness (QED) is 0.0888. The maximum absolute atomic E-state index is 15.8. The van der Waals surface area contributed by atoms with E-state index in [2.05, 4.69) is 49.4 Å². The molecule has 4 fully saturated rings. The van der Waals surface area contributed by atoms with E-state index in [0.717, 1.165) is 97.2 Å². The number of Topliss-reactive ketones (excluding diaryl/α,β-unsaturated/α-hetero) is 1. The molecule has 66 heavy (non-hydrogen) atoms.